The van der Waals surface area contributed by atoms with E-state index in [1.54, 1.807) is 30.3 Å². The lowest BCUT2D eigenvalue weighted by molar-refractivity contribution is -0.123. The zero-order valence-corrected chi connectivity index (χ0v) is 16.1. The fourth-order valence-electron chi connectivity index (χ4n) is 2.53. The molecule has 26 heavy (non-hydrogen) atoms. The third-order valence-electron chi connectivity index (χ3n) is 3.82. The summed E-state index contributed by atoms with van der Waals surface area (Å²) < 4.78 is 5.39. The van der Waals surface area contributed by atoms with E-state index in [1.807, 2.05) is 19.9 Å². The van der Waals surface area contributed by atoms with Gasteiger partial charge in [0.25, 0.3) is 11.8 Å². The van der Waals surface area contributed by atoms with Gasteiger partial charge in [-0.2, -0.15) is 5.01 Å². The van der Waals surface area contributed by atoms with E-state index in [-0.39, 0.29) is 10.2 Å². The molecule has 1 aromatic heterocycles. The van der Waals surface area contributed by atoms with Crippen molar-refractivity contribution < 1.29 is 14.3 Å². The molecule has 8 heteroatoms. The van der Waals surface area contributed by atoms with Crippen LogP contribution in [0.3, 0.4) is 0 Å². The Kier molecular flexibility index (Phi) is 5.15. The largest absolute Gasteiger partial charge is 0.497 e. The predicted octanol–water partition coefficient (Wildman–Crippen LogP) is 3.19. The van der Waals surface area contributed by atoms with Crippen LogP contribution in [0.2, 0.25) is 0 Å². The van der Waals surface area contributed by atoms with Gasteiger partial charge in [-0.25, -0.2) is 0 Å². The van der Waals surface area contributed by atoms with Gasteiger partial charge in [0, 0.05) is 17.0 Å². The highest BCUT2D eigenvalue weighted by atomic mass is 32.2. The second kappa shape index (κ2) is 7.35. The standard InChI is InChI=1S/C18H17N3O3S2/c1-10-7-13(11(2)19-10)9-15-17(23)21(18(25)26-15)20-16(22)12-5-4-6-14(8-12)24-3/h4-9,19H,1-3H3,(H,20,22)/b15-9-. The van der Waals surface area contributed by atoms with Crippen LogP contribution in [-0.4, -0.2) is 33.2 Å². The highest BCUT2D eigenvalue weighted by Gasteiger charge is 2.34. The van der Waals surface area contributed by atoms with Gasteiger partial charge in [-0.05, 0) is 62.0 Å². The van der Waals surface area contributed by atoms with Gasteiger partial charge in [0.05, 0.1) is 12.0 Å². The molecule has 6 nitrogen and oxygen atoms in total. The number of rotatable bonds is 4. The maximum atomic E-state index is 12.6. The van der Waals surface area contributed by atoms with Crippen molar-refractivity contribution in [3.05, 3.63) is 57.8 Å². The highest BCUT2D eigenvalue weighted by Crippen LogP contribution is 2.32. The van der Waals surface area contributed by atoms with Crippen LogP contribution >= 0.6 is 24.0 Å². The van der Waals surface area contributed by atoms with Gasteiger partial charge in [0.2, 0.25) is 0 Å². The van der Waals surface area contributed by atoms with Crippen LogP contribution in [-0.2, 0) is 4.79 Å². The summed E-state index contributed by atoms with van der Waals surface area (Å²) >= 11 is 6.40. The zero-order chi connectivity index (χ0) is 18.8. The molecule has 1 aromatic carbocycles. The molecule has 2 aromatic rings. The number of nitrogens with one attached hydrogen (secondary N) is 2. The Morgan fingerprint density at radius 2 is 2.12 bits per heavy atom. The molecule has 2 heterocycles. The van der Waals surface area contributed by atoms with E-state index in [2.05, 4.69) is 10.4 Å². The zero-order valence-electron chi connectivity index (χ0n) is 14.5. The number of carbonyl (C=O) groups is 2. The average molecular weight is 387 g/mol. The summed E-state index contributed by atoms with van der Waals surface area (Å²) in [7, 11) is 1.52. The molecule has 0 spiro atoms. The Hall–Kier alpha value is -2.58. The number of aromatic nitrogens is 1. The molecule has 0 atom stereocenters. The quantitative estimate of drug-likeness (QED) is 0.623. The third-order valence-corrected chi connectivity index (χ3v) is 5.12. The van der Waals surface area contributed by atoms with Gasteiger partial charge in [0.1, 0.15) is 5.75 Å². The maximum Gasteiger partial charge on any atom is 0.285 e. The number of benzene rings is 1. The molecule has 0 radical (unpaired) electrons. The minimum atomic E-state index is -0.435. The Labute approximate surface area is 160 Å². The SMILES string of the molecule is COc1cccc(C(=O)NN2C(=O)/C(=C/c3cc(C)[nH]c3C)SC2=S)c1. The van der Waals surface area contributed by atoms with Crippen LogP contribution in [0.4, 0.5) is 0 Å². The van der Waals surface area contributed by atoms with E-state index in [0.717, 1.165) is 33.7 Å². The molecule has 2 amide bonds. The number of amides is 2. The van der Waals surface area contributed by atoms with Gasteiger partial charge in [-0.15, -0.1) is 0 Å². The minimum absolute atomic E-state index is 0.280. The van der Waals surface area contributed by atoms with Crippen molar-refractivity contribution in [2.24, 2.45) is 0 Å². The number of hydrogen-bond donors (Lipinski definition) is 2. The first-order valence-corrected chi connectivity index (χ1v) is 9.00. The topological polar surface area (TPSA) is 74.4 Å². The average Bonchev–Trinajstić information content (AvgIpc) is 3.07. The number of H-pyrrole nitrogens is 1. The van der Waals surface area contributed by atoms with Crippen molar-refractivity contribution in [3.8, 4) is 5.75 Å². The van der Waals surface area contributed by atoms with E-state index < -0.39 is 5.91 Å². The van der Waals surface area contributed by atoms with Crippen molar-refractivity contribution >= 4 is 46.2 Å². The highest BCUT2D eigenvalue weighted by molar-refractivity contribution is 8.26. The first kappa shape index (κ1) is 18.2. The Morgan fingerprint density at radius 3 is 2.77 bits per heavy atom. The first-order chi connectivity index (χ1) is 12.4. The fourth-order valence-corrected chi connectivity index (χ4v) is 3.70. The monoisotopic (exact) mass is 387 g/mol. The Morgan fingerprint density at radius 1 is 1.35 bits per heavy atom. The van der Waals surface area contributed by atoms with Gasteiger partial charge in [0.15, 0.2) is 4.32 Å². The molecule has 0 unspecified atom stereocenters. The number of thioether (sulfide) groups is 1. The number of aryl methyl sites for hydroxylation is 2. The van der Waals surface area contributed by atoms with Crippen LogP contribution in [0.1, 0.15) is 27.3 Å². The van der Waals surface area contributed by atoms with Gasteiger partial charge in [-0.1, -0.05) is 17.8 Å². The van der Waals surface area contributed by atoms with Gasteiger partial charge >= 0.3 is 0 Å². The minimum Gasteiger partial charge on any atom is -0.497 e. The van der Waals surface area contributed by atoms with Gasteiger partial charge < -0.3 is 9.72 Å². The number of carbonyl (C=O) groups excluding carboxylic acids is 2. The molecule has 1 aliphatic rings. The van der Waals surface area contributed by atoms with Crippen molar-refractivity contribution in [1.82, 2.24) is 15.4 Å². The summed E-state index contributed by atoms with van der Waals surface area (Å²) in [6.45, 7) is 3.88. The molecule has 134 valence electrons. The summed E-state index contributed by atoms with van der Waals surface area (Å²) in [6.07, 6.45) is 1.77. The number of ether oxygens (including phenoxy) is 1. The normalized spacial score (nSPS) is 15.7. The summed E-state index contributed by atoms with van der Waals surface area (Å²) in [5, 5.41) is 1.10. The number of thiocarbonyl (C=S) groups is 1. The van der Waals surface area contributed by atoms with Crippen molar-refractivity contribution in [2.75, 3.05) is 7.11 Å². The Bertz CT molecular complexity index is 934. The maximum absolute atomic E-state index is 12.6. The number of aromatic amines is 1. The van der Waals surface area contributed by atoms with Crippen LogP contribution in [0.5, 0.6) is 5.75 Å². The predicted molar refractivity (Wildman–Crippen MR) is 106 cm³/mol. The molecule has 1 aliphatic heterocycles. The number of nitrogens with zero attached hydrogens (tertiary/aromatic N) is 1. The number of hydrazine groups is 1. The summed E-state index contributed by atoms with van der Waals surface area (Å²) in [6, 6.07) is 8.62. The van der Waals surface area contributed by atoms with E-state index in [4.69, 9.17) is 17.0 Å². The summed E-state index contributed by atoms with van der Waals surface area (Å²) in [5.41, 5.74) is 5.83. The number of methoxy groups -OCH3 is 1. The lowest BCUT2D eigenvalue weighted by Gasteiger charge is -2.15. The van der Waals surface area contributed by atoms with E-state index >= 15 is 0 Å². The van der Waals surface area contributed by atoms with Crippen LogP contribution in [0.15, 0.2) is 35.2 Å². The molecule has 3 rings (SSSR count). The third kappa shape index (κ3) is 3.66. The first-order valence-electron chi connectivity index (χ1n) is 7.78. The van der Waals surface area contributed by atoms with Crippen molar-refractivity contribution in [3.63, 3.8) is 0 Å². The van der Waals surface area contributed by atoms with Crippen LogP contribution in [0, 0.1) is 13.8 Å². The molecule has 1 fully saturated rings. The fraction of sp³-hybridized carbons (Fsp3) is 0.167. The lowest BCUT2D eigenvalue weighted by Crippen LogP contribution is -2.44. The van der Waals surface area contributed by atoms with Crippen LogP contribution in [0.25, 0.3) is 6.08 Å². The Balaban J connectivity index is 1.79. The van der Waals surface area contributed by atoms with E-state index in [0.29, 0.717) is 16.2 Å². The molecule has 2 N–H and O–H groups in total. The smallest absolute Gasteiger partial charge is 0.285 e. The van der Waals surface area contributed by atoms with Gasteiger partial charge in [-0.3, -0.25) is 15.0 Å². The molecular formula is C18H17N3O3S2. The molecule has 0 saturated carbocycles. The second-order valence-corrected chi connectivity index (χ2v) is 7.40. The molecular weight excluding hydrogens is 370 g/mol. The second-order valence-electron chi connectivity index (χ2n) is 5.72. The van der Waals surface area contributed by atoms with Crippen molar-refractivity contribution in [2.45, 2.75) is 13.8 Å². The lowest BCUT2D eigenvalue weighted by atomic mass is 10.2. The van der Waals surface area contributed by atoms with E-state index in [9.17, 15) is 9.59 Å². The molecule has 1 saturated heterocycles. The number of hydrogen-bond acceptors (Lipinski definition) is 5. The van der Waals surface area contributed by atoms with Crippen molar-refractivity contribution in [1.29, 1.82) is 0 Å². The molecule has 0 aliphatic carbocycles. The van der Waals surface area contributed by atoms with Crippen LogP contribution < -0.4 is 10.2 Å². The molecule has 0 bridgehead atoms. The summed E-state index contributed by atoms with van der Waals surface area (Å²) in [5.74, 6) is -0.231. The summed E-state index contributed by atoms with van der Waals surface area (Å²) in [4.78, 5) is 28.7. The van der Waals surface area contributed by atoms with E-state index in [1.165, 1.54) is 7.11 Å².